The van der Waals surface area contributed by atoms with Crippen molar-refractivity contribution in [1.29, 1.82) is 0 Å². The molecule has 2 aliphatic rings. The Hall–Kier alpha value is -0.610. The first-order valence-electron chi connectivity index (χ1n) is 7.24. The molecule has 4 nitrogen and oxygen atoms in total. The fourth-order valence-corrected chi connectivity index (χ4v) is 3.02. The number of nitrogens with two attached hydrogens (primary N) is 1. The lowest BCUT2D eigenvalue weighted by Gasteiger charge is -2.38. The van der Waals surface area contributed by atoms with E-state index in [-0.39, 0.29) is 5.41 Å². The van der Waals surface area contributed by atoms with E-state index in [0.29, 0.717) is 11.9 Å². The largest absolute Gasteiger partial charge is 0.337 e. The number of amides is 1. The van der Waals surface area contributed by atoms with E-state index in [2.05, 4.69) is 23.6 Å². The number of carbonyl (C=O) groups is 1. The number of rotatable bonds is 5. The number of piperazine rings is 1. The van der Waals surface area contributed by atoms with Crippen LogP contribution in [0, 0.1) is 5.41 Å². The summed E-state index contributed by atoms with van der Waals surface area (Å²) in [5, 5.41) is 0. The molecule has 2 fully saturated rings. The highest BCUT2D eigenvalue weighted by Gasteiger charge is 2.35. The fraction of sp³-hybridized carbons (Fsp3) is 0.929. The van der Waals surface area contributed by atoms with Crippen LogP contribution in [0.25, 0.3) is 0 Å². The molecule has 2 heterocycles. The molecule has 1 atom stereocenters. The van der Waals surface area contributed by atoms with Crippen molar-refractivity contribution in [2.45, 2.75) is 45.6 Å². The maximum absolute atomic E-state index is 11.6. The molecule has 2 N–H and O–H groups in total. The molecule has 0 bridgehead atoms. The monoisotopic (exact) mass is 253 g/mol. The molecule has 0 spiro atoms. The van der Waals surface area contributed by atoms with E-state index in [0.717, 1.165) is 45.6 Å². The summed E-state index contributed by atoms with van der Waals surface area (Å²) in [5.74, 6) is 0.365. The summed E-state index contributed by atoms with van der Waals surface area (Å²) in [6, 6.07) is 0.494. The summed E-state index contributed by atoms with van der Waals surface area (Å²) in [4.78, 5) is 16.2. The predicted octanol–water partition coefficient (Wildman–Crippen LogP) is 1.06. The third kappa shape index (κ3) is 3.23. The molecule has 2 aliphatic heterocycles. The topological polar surface area (TPSA) is 49.6 Å². The van der Waals surface area contributed by atoms with Crippen molar-refractivity contribution in [3.8, 4) is 0 Å². The number of hydrogen-bond acceptors (Lipinski definition) is 3. The summed E-state index contributed by atoms with van der Waals surface area (Å²) in [6.45, 7) is 9.45. The van der Waals surface area contributed by atoms with Gasteiger partial charge in [-0.2, -0.15) is 0 Å². The van der Waals surface area contributed by atoms with Gasteiger partial charge >= 0.3 is 0 Å². The Labute approximate surface area is 110 Å². The van der Waals surface area contributed by atoms with Crippen molar-refractivity contribution in [3.63, 3.8) is 0 Å². The second-order valence-corrected chi connectivity index (χ2v) is 6.55. The van der Waals surface area contributed by atoms with Crippen molar-refractivity contribution in [1.82, 2.24) is 9.80 Å². The summed E-state index contributed by atoms with van der Waals surface area (Å²) >= 11 is 0. The molecule has 2 rings (SSSR count). The highest BCUT2D eigenvalue weighted by atomic mass is 16.2. The second-order valence-electron chi connectivity index (χ2n) is 6.55. The van der Waals surface area contributed by atoms with Crippen LogP contribution in [-0.2, 0) is 4.79 Å². The first kappa shape index (κ1) is 13.8. The fourth-order valence-electron chi connectivity index (χ4n) is 3.02. The van der Waals surface area contributed by atoms with Crippen molar-refractivity contribution >= 4 is 5.91 Å². The Morgan fingerprint density at radius 1 is 1.39 bits per heavy atom. The maximum Gasteiger partial charge on any atom is 0.222 e. The second kappa shape index (κ2) is 5.57. The molecule has 0 radical (unpaired) electrons. The predicted molar refractivity (Wildman–Crippen MR) is 73.2 cm³/mol. The first-order chi connectivity index (χ1) is 8.52. The zero-order chi connectivity index (χ0) is 13.2. The molecular formula is C14H27N3O. The lowest BCUT2D eigenvalue weighted by atomic mass is 9.88. The molecule has 0 aliphatic carbocycles. The van der Waals surface area contributed by atoms with Crippen LogP contribution in [0.4, 0.5) is 0 Å². The van der Waals surface area contributed by atoms with Crippen molar-refractivity contribution in [2.75, 3.05) is 32.7 Å². The Bertz CT molecular complexity index is 303. The van der Waals surface area contributed by atoms with E-state index in [4.69, 9.17) is 5.73 Å². The molecule has 2 saturated heterocycles. The van der Waals surface area contributed by atoms with E-state index in [1.807, 2.05) is 0 Å². The Morgan fingerprint density at radius 3 is 2.89 bits per heavy atom. The van der Waals surface area contributed by atoms with E-state index >= 15 is 0 Å². The SMILES string of the molecule is CC(C)(CN)CCCN1CCN2C(=O)CCC2C1. The zero-order valence-corrected chi connectivity index (χ0v) is 11.8. The molecule has 104 valence electrons. The van der Waals surface area contributed by atoms with Gasteiger partial charge in [0.15, 0.2) is 0 Å². The summed E-state index contributed by atoms with van der Waals surface area (Å²) < 4.78 is 0. The van der Waals surface area contributed by atoms with Gasteiger partial charge in [-0.1, -0.05) is 13.8 Å². The molecule has 1 unspecified atom stereocenters. The third-order valence-corrected chi connectivity index (χ3v) is 4.46. The van der Waals surface area contributed by atoms with Crippen LogP contribution < -0.4 is 5.73 Å². The van der Waals surface area contributed by atoms with Crippen molar-refractivity contribution in [2.24, 2.45) is 11.1 Å². The van der Waals surface area contributed by atoms with Crippen molar-refractivity contribution < 1.29 is 4.79 Å². The van der Waals surface area contributed by atoms with E-state index in [1.165, 1.54) is 12.8 Å². The lowest BCUT2D eigenvalue weighted by Crippen LogP contribution is -2.51. The summed E-state index contributed by atoms with van der Waals surface area (Å²) in [5.41, 5.74) is 6.02. The smallest absolute Gasteiger partial charge is 0.222 e. The normalized spacial score (nSPS) is 25.6. The molecule has 0 aromatic rings. The summed E-state index contributed by atoms with van der Waals surface area (Å²) in [7, 11) is 0. The van der Waals surface area contributed by atoms with E-state index < -0.39 is 0 Å². The highest BCUT2D eigenvalue weighted by Crippen LogP contribution is 2.24. The van der Waals surface area contributed by atoms with Gasteiger partial charge in [0.25, 0.3) is 0 Å². The molecular weight excluding hydrogens is 226 g/mol. The lowest BCUT2D eigenvalue weighted by molar-refractivity contribution is -0.130. The minimum Gasteiger partial charge on any atom is -0.337 e. The van der Waals surface area contributed by atoms with Gasteiger partial charge in [-0.15, -0.1) is 0 Å². The number of carbonyl (C=O) groups excluding carboxylic acids is 1. The van der Waals surface area contributed by atoms with E-state index in [9.17, 15) is 4.79 Å². The van der Waals surface area contributed by atoms with Gasteiger partial charge in [0.05, 0.1) is 0 Å². The van der Waals surface area contributed by atoms with Gasteiger partial charge in [0, 0.05) is 32.1 Å². The Kier molecular flexibility index (Phi) is 4.28. The first-order valence-corrected chi connectivity index (χ1v) is 7.24. The van der Waals surface area contributed by atoms with Crippen LogP contribution in [0.3, 0.4) is 0 Å². The maximum atomic E-state index is 11.6. The van der Waals surface area contributed by atoms with Gasteiger partial charge in [0.1, 0.15) is 0 Å². The number of hydrogen-bond donors (Lipinski definition) is 1. The van der Waals surface area contributed by atoms with Gasteiger partial charge in [-0.25, -0.2) is 0 Å². The van der Waals surface area contributed by atoms with Crippen LogP contribution in [0.5, 0.6) is 0 Å². The van der Waals surface area contributed by atoms with Crippen LogP contribution in [-0.4, -0.2) is 54.5 Å². The molecule has 4 heteroatoms. The third-order valence-electron chi connectivity index (χ3n) is 4.46. The van der Waals surface area contributed by atoms with Crippen LogP contribution >= 0.6 is 0 Å². The number of fused-ring (bicyclic) bond motifs is 1. The highest BCUT2D eigenvalue weighted by molar-refractivity contribution is 5.78. The summed E-state index contributed by atoms with van der Waals surface area (Å²) in [6.07, 6.45) is 4.22. The zero-order valence-electron chi connectivity index (χ0n) is 11.8. The Balaban J connectivity index is 1.71. The average molecular weight is 253 g/mol. The molecule has 1 amide bonds. The molecule has 0 aromatic carbocycles. The van der Waals surface area contributed by atoms with Gasteiger partial charge in [-0.3, -0.25) is 9.69 Å². The average Bonchev–Trinajstić information content (AvgIpc) is 2.71. The van der Waals surface area contributed by atoms with Crippen LogP contribution in [0.2, 0.25) is 0 Å². The number of nitrogens with zero attached hydrogens (tertiary/aromatic N) is 2. The van der Waals surface area contributed by atoms with Gasteiger partial charge in [0.2, 0.25) is 5.91 Å². The van der Waals surface area contributed by atoms with Crippen molar-refractivity contribution in [3.05, 3.63) is 0 Å². The Morgan fingerprint density at radius 2 is 2.17 bits per heavy atom. The quantitative estimate of drug-likeness (QED) is 0.797. The molecule has 0 aromatic heterocycles. The van der Waals surface area contributed by atoms with Crippen LogP contribution in [0.15, 0.2) is 0 Å². The van der Waals surface area contributed by atoms with E-state index in [1.54, 1.807) is 0 Å². The van der Waals surface area contributed by atoms with Gasteiger partial charge < -0.3 is 10.6 Å². The minimum atomic E-state index is 0.269. The standard InChI is InChI=1S/C14H27N3O/c1-14(2,11-15)6-3-7-16-8-9-17-12(10-16)4-5-13(17)18/h12H,3-11,15H2,1-2H3. The molecule has 0 saturated carbocycles. The molecule has 18 heavy (non-hydrogen) atoms. The minimum absolute atomic E-state index is 0.269. The van der Waals surface area contributed by atoms with Gasteiger partial charge in [-0.05, 0) is 37.8 Å². The van der Waals surface area contributed by atoms with Crippen LogP contribution in [0.1, 0.15) is 39.5 Å².